The number of methoxy groups -OCH3 is 1. The zero-order valence-corrected chi connectivity index (χ0v) is 16.4. The summed E-state index contributed by atoms with van der Waals surface area (Å²) in [5.41, 5.74) is 2.94. The molecule has 3 aromatic rings. The van der Waals surface area contributed by atoms with Crippen molar-refractivity contribution >= 4 is 6.09 Å². The Morgan fingerprint density at radius 1 is 0.966 bits per heavy atom. The maximum Gasteiger partial charge on any atom is 0.408 e. The number of nitrogens with one attached hydrogen (secondary N) is 1. The second-order valence-corrected chi connectivity index (χ2v) is 6.69. The van der Waals surface area contributed by atoms with Crippen molar-refractivity contribution in [2.75, 3.05) is 7.11 Å². The minimum absolute atomic E-state index is 0.104. The Morgan fingerprint density at radius 2 is 1.66 bits per heavy atom. The van der Waals surface area contributed by atoms with Gasteiger partial charge in [0.1, 0.15) is 6.10 Å². The summed E-state index contributed by atoms with van der Waals surface area (Å²) in [5.74, 6) is 0.535. The number of amides is 1. The maximum atomic E-state index is 12.4. The van der Waals surface area contributed by atoms with Crippen LogP contribution in [-0.4, -0.2) is 18.3 Å². The van der Waals surface area contributed by atoms with Crippen molar-refractivity contribution in [3.8, 4) is 11.5 Å². The average Bonchev–Trinajstić information content (AvgIpc) is 2.77. The number of carbonyl (C=O) groups excluding carboxylic acids is 1. The van der Waals surface area contributed by atoms with Crippen molar-refractivity contribution in [2.45, 2.75) is 25.5 Å². The zero-order chi connectivity index (χ0) is 20.5. The number of hydrogen-bond acceptors (Lipinski definition) is 4. The zero-order valence-electron chi connectivity index (χ0n) is 16.4. The molecule has 0 saturated carbocycles. The van der Waals surface area contributed by atoms with Gasteiger partial charge in [0.25, 0.3) is 0 Å². The molecule has 0 aliphatic carbocycles. The van der Waals surface area contributed by atoms with Crippen LogP contribution in [0.15, 0.2) is 78.9 Å². The van der Waals surface area contributed by atoms with Gasteiger partial charge in [-0.3, -0.25) is 0 Å². The fourth-order valence-corrected chi connectivity index (χ4v) is 3.08. The first-order chi connectivity index (χ1) is 14.2. The van der Waals surface area contributed by atoms with Crippen LogP contribution in [0.5, 0.6) is 11.5 Å². The molecule has 150 valence electrons. The summed E-state index contributed by atoms with van der Waals surface area (Å²) in [6.07, 6.45) is 0.441. The number of carbonyl (C=O) groups is 1. The van der Waals surface area contributed by atoms with Gasteiger partial charge in [-0.1, -0.05) is 66.7 Å². The number of phenols is 1. The molecule has 0 aromatic heterocycles. The van der Waals surface area contributed by atoms with Crippen LogP contribution in [0.4, 0.5) is 4.79 Å². The maximum absolute atomic E-state index is 12.4. The fourth-order valence-electron chi connectivity index (χ4n) is 3.08. The number of aryl methyl sites for hydroxylation is 1. The van der Waals surface area contributed by atoms with Gasteiger partial charge in [0.05, 0.1) is 7.11 Å². The lowest BCUT2D eigenvalue weighted by molar-refractivity contribution is 0.0921. The van der Waals surface area contributed by atoms with E-state index in [1.54, 1.807) is 12.1 Å². The number of hydrogen-bond donors (Lipinski definition) is 2. The van der Waals surface area contributed by atoms with Crippen LogP contribution < -0.4 is 10.1 Å². The summed E-state index contributed by atoms with van der Waals surface area (Å²) in [7, 11) is 1.52. The molecule has 0 heterocycles. The normalized spacial score (nSPS) is 11.5. The van der Waals surface area contributed by atoms with E-state index in [9.17, 15) is 9.90 Å². The van der Waals surface area contributed by atoms with Gasteiger partial charge in [0, 0.05) is 6.54 Å². The first-order valence-corrected chi connectivity index (χ1v) is 9.55. The third-order valence-corrected chi connectivity index (χ3v) is 4.64. The summed E-state index contributed by atoms with van der Waals surface area (Å²) in [6, 6.07) is 24.6. The molecule has 1 atom stereocenters. The number of benzene rings is 3. The van der Waals surface area contributed by atoms with E-state index in [1.807, 2.05) is 66.7 Å². The Balaban J connectivity index is 1.64. The molecule has 0 fully saturated rings. The fraction of sp³-hybridized carbons (Fsp3) is 0.208. The van der Waals surface area contributed by atoms with Gasteiger partial charge in [-0.2, -0.15) is 0 Å². The van der Waals surface area contributed by atoms with E-state index in [4.69, 9.17) is 9.47 Å². The minimum Gasteiger partial charge on any atom is -0.504 e. The van der Waals surface area contributed by atoms with Crippen LogP contribution in [-0.2, 0) is 17.7 Å². The number of ether oxygens (including phenoxy) is 2. The molecule has 0 radical (unpaired) electrons. The molecular weight excluding hydrogens is 366 g/mol. The van der Waals surface area contributed by atoms with E-state index in [2.05, 4.69) is 5.32 Å². The van der Waals surface area contributed by atoms with Crippen molar-refractivity contribution < 1.29 is 19.4 Å². The Bertz CT molecular complexity index is 913. The largest absolute Gasteiger partial charge is 0.504 e. The highest BCUT2D eigenvalue weighted by molar-refractivity contribution is 5.67. The first-order valence-electron chi connectivity index (χ1n) is 9.55. The molecule has 0 saturated heterocycles. The molecule has 5 heteroatoms. The van der Waals surface area contributed by atoms with E-state index < -0.39 is 6.09 Å². The Kier molecular flexibility index (Phi) is 7.11. The van der Waals surface area contributed by atoms with E-state index in [1.165, 1.54) is 7.11 Å². The predicted molar refractivity (Wildman–Crippen MR) is 112 cm³/mol. The van der Waals surface area contributed by atoms with Crippen molar-refractivity contribution in [2.24, 2.45) is 0 Å². The van der Waals surface area contributed by atoms with Crippen LogP contribution in [0.3, 0.4) is 0 Å². The second-order valence-electron chi connectivity index (χ2n) is 6.69. The SMILES string of the molecule is COc1cc(CCC(OC(=O)NCc2ccccc2)c2ccccc2)ccc1O. The molecule has 0 spiro atoms. The third-order valence-electron chi connectivity index (χ3n) is 4.64. The van der Waals surface area contributed by atoms with Crippen molar-refractivity contribution in [1.29, 1.82) is 0 Å². The monoisotopic (exact) mass is 391 g/mol. The summed E-state index contributed by atoms with van der Waals surface area (Å²) in [4.78, 5) is 12.4. The van der Waals surface area contributed by atoms with Gasteiger partial charge < -0.3 is 19.9 Å². The molecule has 3 aromatic carbocycles. The molecule has 0 aliphatic heterocycles. The van der Waals surface area contributed by atoms with Crippen molar-refractivity contribution in [3.63, 3.8) is 0 Å². The van der Waals surface area contributed by atoms with Gasteiger partial charge in [-0.05, 0) is 41.7 Å². The molecule has 29 heavy (non-hydrogen) atoms. The smallest absolute Gasteiger partial charge is 0.408 e. The van der Waals surface area contributed by atoms with Crippen molar-refractivity contribution in [3.05, 3.63) is 95.6 Å². The summed E-state index contributed by atoms with van der Waals surface area (Å²) in [5, 5.41) is 12.6. The third kappa shape index (κ3) is 6.01. The number of aromatic hydroxyl groups is 1. The Labute approximate surface area is 170 Å². The lowest BCUT2D eigenvalue weighted by Gasteiger charge is -2.19. The van der Waals surface area contributed by atoms with E-state index >= 15 is 0 Å². The van der Waals surface area contributed by atoms with E-state index in [0.717, 1.165) is 16.7 Å². The number of phenolic OH excluding ortho intramolecular Hbond substituents is 1. The van der Waals surface area contributed by atoms with Gasteiger partial charge in [0.2, 0.25) is 0 Å². The first kappa shape index (κ1) is 20.3. The average molecular weight is 391 g/mol. The van der Waals surface area contributed by atoms with Crippen LogP contribution in [0.1, 0.15) is 29.2 Å². The predicted octanol–water partition coefficient (Wildman–Crippen LogP) is 5.00. The van der Waals surface area contributed by atoms with Crippen LogP contribution >= 0.6 is 0 Å². The van der Waals surface area contributed by atoms with E-state index in [-0.39, 0.29) is 11.9 Å². The molecule has 0 bridgehead atoms. The van der Waals surface area contributed by atoms with Crippen LogP contribution in [0.2, 0.25) is 0 Å². The standard InChI is InChI=1S/C24H25NO4/c1-28-23-16-18(12-14-21(23)26)13-15-22(20-10-6-3-7-11-20)29-24(27)25-17-19-8-4-2-5-9-19/h2-12,14,16,22,26H,13,15,17H2,1H3,(H,25,27). The van der Waals surface area contributed by atoms with Gasteiger partial charge >= 0.3 is 6.09 Å². The lowest BCUT2D eigenvalue weighted by Crippen LogP contribution is -2.25. The van der Waals surface area contributed by atoms with Gasteiger partial charge in [-0.15, -0.1) is 0 Å². The summed E-state index contributed by atoms with van der Waals surface area (Å²) in [6.45, 7) is 0.413. The highest BCUT2D eigenvalue weighted by atomic mass is 16.6. The Morgan fingerprint density at radius 3 is 2.34 bits per heavy atom. The van der Waals surface area contributed by atoms with Crippen LogP contribution in [0.25, 0.3) is 0 Å². The molecule has 2 N–H and O–H groups in total. The summed E-state index contributed by atoms with van der Waals surface area (Å²) >= 11 is 0. The molecule has 1 unspecified atom stereocenters. The molecular formula is C24H25NO4. The molecule has 0 aliphatic rings. The van der Waals surface area contributed by atoms with E-state index in [0.29, 0.717) is 25.1 Å². The van der Waals surface area contributed by atoms with Gasteiger partial charge in [-0.25, -0.2) is 4.79 Å². The van der Waals surface area contributed by atoms with Gasteiger partial charge in [0.15, 0.2) is 11.5 Å². The molecule has 3 rings (SSSR count). The summed E-state index contributed by atoms with van der Waals surface area (Å²) < 4.78 is 10.9. The number of rotatable bonds is 8. The highest BCUT2D eigenvalue weighted by Crippen LogP contribution is 2.29. The van der Waals surface area contributed by atoms with Crippen molar-refractivity contribution in [1.82, 2.24) is 5.32 Å². The molecule has 5 nitrogen and oxygen atoms in total. The topological polar surface area (TPSA) is 67.8 Å². The Hall–Kier alpha value is -3.47. The highest BCUT2D eigenvalue weighted by Gasteiger charge is 2.17. The lowest BCUT2D eigenvalue weighted by atomic mass is 10.0. The molecule has 1 amide bonds. The van der Waals surface area contributed by atoms with Crippen LogP contribution in [0, 0.1) is 0 Å². The quantitative estimate of drug-likeness (QED) is 0.567. The second kappa shape index (κ2) is 10.2. The number of alkyl carbamates (subject to hydrolysis) is 1. The minimum atomic E-state index is -0.453.